The summed E-state index contributed by atoms with van der Waals surface area (Å²) in [5.41, 5.74) is 7.66. The smallest absolute Gasteiger partial charge is 0.488 e. The van der Waals surface area contributed by atoms with Gasteiger partial charge in [0.15, 0.2) is 0 Å². The third kappa shape index (κ3) is 8.54. The summed E-state index contributed by atoms with van der Waals surface area (Å²) < 4.78 is 11.9. The van der Waals surface area contributed by atoms with Gasteiger partial charge in [-0.3, -0.25) is 0 Å². The fraction of sp³-hybridized carbons (Fsp3) is 0.0370. The third-order valence-corrected chi connectivity index (χ3v) is 11.5. The molecule has 292 valence electrons. The lowest BCUT2D eigenvalue weighted by atomic mass is 9.79. The van der Waals surface area contributed by atoms with Crippen molar-refractivity contribution in [1.82, 2.24) is 0 Å². The van der Waals surface area contributed by atoms with Crippen LogP contribution in [0.1, 0.15) is 0 Å². The number of rotatable bonds is 6. The zero-order valence-corrected chi connectivity index (χ0v) is 34.9. The van der Waals surface area contributed by atoms with Crippen molar-refractivity contribution in [1.29, 1.82) is 0 Å². The Morgan fingerprint density at radius 1 is 0.350 bits per heavy atom. The highest BCUT2D eigenvalue weighted by Gasteiger charge is 2.12. The summed E-state index contributed by atoms with van der Waals surface area (Å²) in [4.78, 5) is 0. The van der Waals surface area contributed by atoms with Gasteiger partial charge in [-0.25, -0.2) is 0 Å². The van der Waals surface area contributed by atoms with Crippen molar-refractivity contribution >= 4 is 71.6 Å². The molecule has 0 saturated carbocycles. The second kappa shape index (κ2) is 18.5. The summed E-state index contributed by atoms with van der Waals surface area (Å²) in [6, 6.07) is 70.4. The van der Waals surface area contributed by atoms with Gasteiger partial charge in [0.25, 0.3) is 0 Å². The number of fused-ring (bicyclic) bond motifs is 4. The Kier molecular flexibility index (Phi) is 12.4. The van der Waals surface area contributed by atoms with E-state index in [1.54, 1.807) is 26.4 Å². The average Bonchev–Trinajstić information content (AvgIpc) is 3.31. The zero-order valence-electron chi connectivity index (χ0n) is 33.3. The van der Waals surface area contributed by atoms with Crippen LogP contribution in [-0.2, 0) is 0 Å². The molecule has 0 aliphatic carbocycles. The van der Waals surface area contributed by atoms with Crippen LogP contribution in [0.3, 0.4) is 0 Å². The minimum Gasteiger partial charge on any atom is -0.496 e. The van der Waals surface area contributed by atoms with Crippen molar-refractivity contribution in [2.45, 2.75) is 0 Å². The molecule has 0 bridgehead atoms. The maximum Gasteiger partial charge on any atom is 0.488 e. The van der Waals surface area contributed by atoms with Crippen LogP contribution in [0.2, 0.25) is 0 Å². The Hall–Kier alpha value is -6.70. The van der Waals surface area contributed by atoms with E-state index in [0.717, 1.165) is 37.9 Å². The van der Waals surface area contributed by atoms with Crippen molar-refractivity contribution in [3.8, 4) is 44.9 Å². The molecule has 10 rings (SSSR count). The molecule has 2 N–H and O–H groups in total. The number of hydrogen-bond acceptors (Lipinski definition) is 4. The van der Waals surface area contributed by atoms with Crippen LogP contribution in [0.15, 0.2) is 211 Å². The van der Waals surface area contributed by atoms with Crippen molar-refractivity contribution < 1.29 is 19.5 Å². The molecular formula is C54H42BBrO4. The quantitative estimate of drug-likeness (QED) is 0.164. The van der Waals surface area contributed by atoms with Gasteiger partial charge in [0, 0.05) is 15.2 Å². The number of benzene rings is 10. The van der Waals surface area contributed by atoms with Crippen LogP contribution >= 0.6 is 15.9 Å². The molecule has 60 heavy (non-hydrogen) atoms. The lowest BCUT2D eigenvalue weighted by Crippen LogP contribution is -2.29. The van der Waals surface area contributed by atoms with Crippen LogP contribution < -0.4 is 14.9 Å². The van der Waals surface area contributed by atoms with Crippen molar-refractivity contribution in [3.63, 3.8) is 0 Å². The number of ether oxygens (including phenoxy) is 2. The van der Waals surface area contributed by atoms with Gasteiger partial charge in [0.2, 0.25) is 0 Å². The molecule has 0 unspecified atom stereocenters. The van der Waals surface area contributed by atoms with Gasteiger partial charge in [-0.1, -0.05) is 204 Å². The number of methoxy groups -OCH3 is 2. The molecule has 0 radical (unpaired) electrons. The minimum atomic E-state index is -1.42. The Morgan fingerprint density at radius 2 is 0.717 bits per heavy atom. The van der Waals surface area contributed by atoms with Gasteiger partial charge >= 0.3 is 7.12 Å². The first kappa shape index (κ1) is 40.1. The lowest BCUT2D eigenvalue weighted by Gasteiger charge is -2.12. The van der Waals surface area contributed by atoms with Crippen LogP contribution in [0.4, 0.5) is 0 Å². The molecule has 0 spiro atoms. The molecule has 6 heteroatoms. The fourth-order valence-electron chi connectivity index (χ4n) is 7.73. The molecule has 0 saturated heterocycles. The number of halogens is 1. The fourth-order valence-corrected chi connectivity index (χ4v) is 8.21. The van der Waals surface area contributed by atoms with E-state index in [-0.39, 0.29) is 0 Å². The van der Waals surface area contributed by atoms with E-state index in [4.69, 9.17) is 19.5 Å². The zero-order chi connectivity index (χ0) is 41.4. The van der Waals surface area contributed by atoms with E-state index in [9.17, 15) is 0 Å². The monoisotopic (exact) mass is 844 g/mol. The predicted molar refractivity (Wildman–Crippen MR) is 256 cm³/mol. The predicted octanol–water partition coefficient (Wildman–Crippen LogP) is 13.1. The minimum absolute atomic E-state index is 0.504. The summed E-state index contributed by atoms with van der Waals surface area (Å²) in [6.45, 7) is 0. The Labute approximate surface area is 359 Å². The van der Waals surface area contributed by atoms with Gasteiger partial charge < -0.3 is 19.5 Å². The Bertz CT molecular complexity index is 3040. The lowest BCUT2D eigenvalue weighted by molar-refractivity contribution is 0.419. The summed E-state index contributed by atoms with van der Waals surface area (Å²) in [5.74, 6) is 1.82. The van der Waals surface area contributed by atoms with Crippen molar-refractivity contribution in [2.24, 2.45) is 0 Å². The molecule has 0 atom stereocenters. The summed E-state index contributed by atoms with van der Waals surface area (Å²) in [6.07, 6.45) is 0. The summed E-state index contributed by atoms with van der Waals surface area (Å²) in [7, 11) is 2.00. The second-order valence-corrected chi connectivity index (χ2v) is 15.1. The van der Waals surface area contributed by atoms with Crippen LogP contribution in [0, 0.1) is 0 Å². The van der Waals surface area contributed by atoms with Crippen LogP contribution in [0.25, 0.3) is 76.5 Å². The van der Waals surface area contributed by atoms with Gasteiger partial charge in [0.05, 0.1) is 14.2 Å². The molecular weight excluding hydrogens is 803 g/mol. The van der Waals surface area contributed by atoms with Crippen molar-refractivity contribution in [2.75, 3.05) is 14.2 Å². The first-order valence-electron chi connectivity index (χ1n) is 19.7. The molecule has 10 aromatic carbocycles. The largest absolute Gasteiger partial charge is 0.496 e. The van der Waals surface area contributed by atoms with Gasteiger partial charge in [-0.05, 0) is 89.4 Å². The van der Waals surface area contributed by atoms with Crippen LogP contribution in [-0.4, -0.2) is 31.4 Å². The van der Waals surface area contributed by atoms with E-state index >= 15 is 0 Å². The summed E-state index contributed by atoms with van der Waals surface area (Å²) >= 11 is 3.50. The van der Waals surface area contributed by atoms with E-state index in [2.05, 4.69) is 155 Å². The standard InChI is InChI=1S/C27H20O.C16H13BO2.C11H9BrO/c1-28-27-18-17-24(25-10-4-5-11-26(25)27)21-15-13-20(14-16-21)23-12-6-8-19-7-2-3-9-22(19)23;18-17(19)14-10-8-13(9-11-14)16-7-3-5-12-4-1-2-6-15(12)16;1-13-11-7-6-10(12)8-4-2-3-5-9(8)11/h2-18H,1H3;1-11,18-19H;2-7H,1H3. The van der Waals surface area contributed by atoms with E-state index in [1.165, 1.54) is 54.6 Å². The normalized spacial score (nSPS) is 10.8. The second-order valence-electron chi connectivity index (χ2n) is 14.3. The summed E-state index contributed by atoms with van der Waals surface area (Å²) in [5, 5.41) is 27.8. The molecule has 4 nitrogen and oxygen atoms in total. The molecule has 0 aliphatic rings. The maximum absolute atomic E-state index is 9.11. The first-order valence-corrected chi connectivity index (χ1v) is 20.5. The Balaban J connectivity index is 0.000000135. The van der Waals surface area contributed by atoms with Crippen molar-refractivity contribution in [3.05, 3.63) is 211 Å². The highest BCUT2D eigenvalue weighted by atomic mass is 79.9. The number of hydrogen-bond donors (Lipinski definition) is 2. The van der Waals surface area contributed by atoms with E-state index in [1.807, 2.05) is 54.6 Å². The van der Waals surface area contributed by atoms with E-state index < -0.39 is 7.12 Å². The van der Waals surface area contributed by atoms with Gasteiger partial charge in [0.1, 0.15) is 11.5 Å². The van der Waals surface area contributed by atoms with E-state index in [0.29, 0.717) is 5.46 Å². The van der Waals surface area contributed by atoms with Gasteiger partial charge in [-0.2, -0.15) is 0 Å². The highest BCUT2D eigenvalue weighted by Crippen LogP contribution is 2.36. The molecule has 0 amide bonds. The molecule has 0 aromatic heterocycles. The first-order chi connectivity index (χ1) is 29.4. The SMILES string of the molecule is COc1ccc(-c2ccc(-c3cccc4ccccc34)cc2)c2ccccc12.COc1ccc(Br)c2ccccc12.OB(O)c1ccc(-c2cccc3ccccc23)cc1. The maximum atomic E-state index is 9.11. The average molecular weight is 846 g/mol. The third-order valence-electron chi connectivity index (χ3n) is 10.8. The highest BCUT2D eigenvalue weighted by molar-refractivity contribution is 9.10. The van der Waals surface area contributed by atoms with Crippen LogP contribution in [0.5, 0.6) is 11.5 Å². The molecule has 0 heterocycles. The molecule has 10 aromatic rings. The van der Waals surface area contributed by atoms with Gasteiger partial charge in [-0.15, -0.1) is 0 Å². The topological polar surface area (TPSA) is 58.9 Å². The molecule has 0 fully saturated rings. The molecule has 0 aliphatic heterocycles. The Morgan fingerprint density at radius 3 is 1.20 bits per heavy atom.